The molecule has 0 aliphatic rings. The van der Waals surface area contributed by atoms with Crippen molar-refractivity contribution < 1.29 is 0 Å². The summed E-state index contributed by atoms with van der Waals surface area (Å²) in [5.74, 6) is 0. The average molecular weight is 579 g/mol. The molecule has 0 radical (unpaired) electrons. The van der Waals surface area contributed by atoms with Crippen molar-refractivity contribution in [2.75, 3.05) is 4.90 Å². The summed E-state index contributed by atoms with van der Waals surface area (Å²) in [4.78, 5) is 16.2. The molecule has 4 nitrogen and oxygen atoms in total. The Morgan fingerprint density at radius 3 is 1.29 bits per heavy atom. The summed E-state index contributed by atoms with van der Waals surface area (Å²) < 4.78 is 0. The second kappa shape index (κ2) is 13.0. The van der Waals surface area contributed by atoms with Gasteiger partial charge < -0.3 is 4.90 Å². The van der Waals surface area contributed by atoms with Crippen molar-refractivity contribution in [1.29, 1.82) is 0 Å². The standard InChI is InChI=1S/C41H30N4/c1-3-11-35(12-4-1)45(36-13-5-2-6-14-36)37-25-21-32(22-26-37)18-17-31-19-23-33(24-20-31)34-29-40(38-15-7-9-27-42-38)44-41(30-34)39-16-8-10-28-43-39/h1-30H/b18-17+. The van der Waals surface area contributed by atoms with Crippen molar-refractivity contribution in [1.82, 2.24) is 15.0 Å². The minimum atomic E-state index is 0.819. The molecule has 0 N–H and O–H groups in total. The molecule has 0 spiro atoms. The molecule has 214 valence electrons. The Kier molecular flexibility index (Phi) is 8.01. The van der Waals surface area contributed by atoms with Gasteiger partial charge in [-0.3, -0.25) is 9.97 Å². The van der Waals surface area contributed by atoms with Crippen molar-refractivity contribution in [3.05, 3.63) is 181 Å². The van der Waals surface area contributed by atoms with E-state index in [-0.39, 0.29) is 0 Å². The zero-order valence-electron chi connectivity index (χ0n) is 24.6. The van der Waals surface area contributed by atoms with E-state index < -0.39 is 0 Å². The third-order valence-corrected chi connectivity index (χ3v) is 7.57. The van der Waals surface area contributed by atoms with E-state index in [4.69, 9.17) is 4.98 Å². The zero-order valence-corrected chi connectivity index (χ0v) is 24.6. The van der Waals surface area contributed by atoms with Gasteiger partial charge >= 0.3 is 0 Å². The van der Waals surface area contributed by atoms with E-state index >= 15 is 0 Å². The molecule has 7 aromatic rings. The van der Waals surface area contributed by atoms with E-state index in [0.717, 1.165) is 62.1 Å². The molecule has 7 rings (SSSR count). The van der Waals surface area contributed by atoms with E-state index in [9.17, 15) is 0 Å². The number of hydrogen-bond donors (Lipinski definition) is 0. The number of anilines is 3. The van der Waals surface area contributed by atoms with Crippen LogP contribution in [0, 0.1) is 0 Å². The van der Waals surface area contributed by atoms with Gasteiger partial charge in [0.2, 0.25) is 0 Å². The maximum Gasteiger partial charge on any atom is 0.0900 e. The summed E-state index contributed by atoms with van der Waals surface area (Å²) in [6.07, 6.45) is 7.89. The summed E-state index contributed by atoms with van der Waals surface area (Å²) in [6, 6.07) is 54.1. The summed E-state index contributed by atoms with van der Waals surface area (Å²) in [6.45, 7) is 0. The first-order valence-electron chi connectivity index (χ1n) is 14.9. The molecule has 0 fully saturated rings. The van der Waals surface area contributed by atoms with E-state index in [0.29, 0.717) is 0 Å². The molecule has 3 heterocycles. The van der Waals surface area contributed by atoms with Gasteiger partial charge in [0.15, 0.2) is 0 Å². The fourth-order valence-electron chi connectivity index (χ4n) is 5.30. The number of para-hydroxylation sites is 2. The number of nitrogens with zero attached hydrogens (tertiary/aromatic N) is 4. The van der Waals surface area contributed by atoms with E-state index in [2.05, 4.69) is 136 Å². The predicted octanol–water partition coefficient (Wildman–Crippen LogP) is 10.5. The molecule has 45 heavy (non-hydrogen) atoms. The Labute approximate surface area is 263 Å². The Balaban J connectivity index is 1.13. The number of hydrogen-bond acceptors (Lipinski definition) is 4. The van der Waals surface area contributed by atoms with Gasteiger partial charge in [0, 0.05) is 29.5 Å². The number of benzene rings is 4. The first-order chi connectivity index (χ1) is 22.3. The Bertz CT molecular complexity index is 1910. The fourth-order valence-corrected chi connectivity index (χ4v) is 5.30. The Morgan fingerprint density at radius 1 is 0.378 bits per heavy atom. The highest BCUT2D eigenvalue weighted by atomic mass is 15.1. The second-order valence-electron chi connectivity index (χ2n) is 10.6. The second-order valence-corrected chi connectivity index (χ2v) is 10.6. The van der Waals surface area contributed by atoms with Crippen molar-refractivity contribution in [3.63, 3.8) is 0 Å². The molecular weight excluding hydrogens is 548 g/mol. The minimum Gasteiger partial charge on any atom is -0.311 e. The maximum absolute atomic E-state index is 4.89. The maximum atomic E-state index is 4.89. The van der Waals surface area contributed by atoms with Gasteiger partial charge in [0.05, 0.1) is 22.8 Å². The molecule has 0 atom stereocenters. The van der Waals surface area contributed by atoms with E-state index in [1.807, 2.05) is 48.5 Å². The van der Waals surface area contributed by atoms with Gasteiger partial charge in [-0.15, -0.1) is 0 Å². The lowest BCUT2D eigenvalue weighted by atomic mass is 10.0. The van der Waals surface area contributed by atoms with E-state index in [1.54, 1.807) is 12.4 Å². The summed E-state index contributed by atoms with van der Waals surface area (Å²) in [5.41, 5.74) is 11.1. The minimum absolute atomic E-state index is 0.819. The molecular formula is C41H30N4. The van der Waals surface area contributed by atoms with Gasteiger partial charge in [-0.05, 0) is 95.1 Å². The lowest BCUT2D eigenvalue weighted by Crippen LogP contribution is -2.09. The van der Waals surface area contributed by atoms with Crippen molar-refractivity contribution >= 4 is 29.2 Å². The summed E-state index contributed by atoms with van der Waals surface area (Å²) >= 11 is 0. The van der Waals surface area contributed by atoms with Crippen LogP contribution in [0.15, 0.2) is 170 Å². The third kappa shape index (κ3) is 6.46. The molecule has 0 aliphatic heterocycles. The smallest absolute Gasteiger partial charge is 0.0900 e. The molecule has 4 heteroatoms. The van der Waals surface area contributed by atoms with Gasteiger partial charge in [-0.25, -0.2) is 4.98 Å². The highest BCUT2D eigenvalue weighted by Crippen LogP contribution is 2.34. The lowest BCUT2D eigenvalue weighted by molar-refractivity contribution is 1.22. The van der Waals surface area contributed by atoms with Crippen LogP contribution in [0.25, 0.3) is 46.1 Å². The number of rotatable bonds is 8. The summed E-state index contributed by atoms with van der Waals surface area (Å²) in [5, 5.41) is 0. The largest absolute Gasteiger partial charge is 0.311 e. The van der Waals surface area contributed by atoms with Crippen LogP contribution >= 0.6 is 0 Å². The van der Waals surface area contributed by atoms with Crippen LogP contribution in [0.3, 0.4) is 0 Å². The molecule has 0 unspecified atom stereocenters. The van der Waals surface area contributed by atoms with E-state index in [1.165, 1.54) is 0 Å². The molecule has 4 aromatic carbocycles. The number of pyridine rings is 3. The van der Waals surface area contributed by atoms with Gasteiger partial charge in [-0.2, -0.15) is 0 Å². The third-order valence-electron chi connectivity index (χ3n) is 7.57. The van der Waals surface area contributed by atoms with Crippen LogP contribution in [-0.4, -0.2) is 15.0 Å². The lowest BCUT2D eigenvalue weighted by Gasteiger charge is -2.25. The number of aromatic nitrogens is 3. The van der Waals surface area contributed by atoms with Crippen LogP contribution in [0.1, 0.15) is 11.1 Å². The first-order valence-corrected chi connectivity index (χ1v) is 14.9. The Hall–Kier alpha value is -6.13. The fraction of sp³-hybridized carbons (Fsp3) is 0. The van der Waals surface area contributed by atoms with Crippen LogP contribution in [0.4, 0.5) is 17.1 Å². The zero-order chi connectivity index (χ0) is 30.3. The average Bonchev–Trinajstić information content (AvgIpc) is 3.13. The molecule has 3 aromatic heterocycles. The highest BCUT2D eigenvalue weighted by Gasteiger charge is 2.12. The monoisotopic (exact) mass is 578 g/mol. The SMILES string of the molecule is C(=C\c1ccc(N(c2ccccc2)c2ccccc2)cc1)/c1ccc(-c2cc(-c3ccccn3)nc(-c3ccccn3)c2)cc1. The van der Waals surface area contributed by atoms with Gasteiger partial charge in [-0.1, -0.05) is 97.1 Å². The van der Waals surface area contributed by atoms with Gasteiger partial charge in [0.25, 0.3) is 0 Å². The summed E-state index contributed by atoms with van der Waals surface area (Å²) in [7, 11) is 0. The van der Waals surface area contributed by atoms with Crippen LogP contribution in [0.2, 0.25) is 0 Å². The normalized spacial score (nSPS) is 11.0. The quantitative estimate of drug-likeness (QED) is 0.168. The first kappa shape index (κ1) is 27.7. The molecule has 0 aliphatic carbocycles. The van der Waals surface area contributed by atoms with Crippen molar-refractivity contribution in [2.45, 2.75) is 0 Å². The predicted molar refractivity (Wildman–Crippen MR) is 186 cm³/mol. The van der Waals surface area contributed by atoms with Crippen molar-refractivity contribution in [2.24, 2.45) is 0 Å². The van der Waals surface area contributed by atoms with Crippen LogP contribution in [0.5, 0.6) is 0 Å². The molecule has 0 saturated carbocycles. The van der Waals surface area contributed by atoms with Gasteiger partial charge in [0.1, 0.15) is 0 Å². The van der Waals surface area contributed by atoms with Crippen LogP contribution < -0.4 is 4.90 Å². The molecule has 0 bridgehead atoms. The van der Waals surface area contributed by atoms with Crippen LogP contribution in [-0.2, 0) is 0 Å². The molecule has 0 amide bonds. The highest BCUT2D eigenvalue weighted by molar-refractivity contribution is 5.79. The molecule has 0 saturated heterocycles. The topological polar surface area (TPSA) is 41.9 Å². The Morgan fingerprint density at radius 2 is 0.822 bits per heavy atom. The van der Waals surface area contributed by atoms with Crippen molar-refractivity contribution in [3.8, 4) is 33.9 Å².